The van der Waals surface area contributed by atoms with E-state index in [1.54, 1.807) is 0 Å². The van der Waals surface area contributed by atoms with E-state index in [4.69, 9.17) is 4.74 Å². The van der Waals surface area contributed by atoms with Crippen molar-refractivity contribution in [2.45, 2.75) is 71.0 Å². The van der Waals surface area contributed by atoms with Crippen molar-refractivity contribution in [3.05, 3.63) is 0 Å². The lowest BCUT2D eigenvalue weighted by atomic mass is 9.50. The van der Waals surface area contributed by atoms with Gasteiger partial charge in [-0.1, -0.05) is 13.8 Å². The van der Waals surface area contributed by atoms with Crippen molar-refractivity contribution in [2.24, 2.45) is 17.3 Å². The van der Waals surface area contributed by atoms with Crippen LogP contribution in [0, 0.1) is 17.3 Å². The molecule has 2 saturated heterocycles. The zero-order chi connectivity index (χ0) is 12.5. The molecule has 0 amide bonds. The topological polar surface area (TPSA) is 26.3 Å². The highest BCUT2D eigenvalue weighted by Gasteiger charge is 2.62. The second-order valence-electron chi connectivity index (χ2n) is 7.53. The van der Waals surface area contributed by atoms with Gasteiger partial charge in [0.1, 0.15) is 5.60 Å². The number of carbonyl (C=O) groups excluding carboxylic acids is 1. The molecule has 0 N–H and O–H groups in total. The van der Waals surface area contributed by atoms with Gasteiger partial charge in [0.25, 0.3) is 0 Å². The first-order valence-electron chi connectivity index (χ1n) is 7.00. The summed E-state index contributed by atoms with van der Waals surface area (Å²) >= 11 is 0. The second kappa shape index (κ2) is 3.14. The normalized spacial score (nSPS) is 52.4. The standard InChI is InChI=1S/C15H24O2/c1-13(2)9-11-10(13)5-7-14(3)8-6-12(16)15(11,4)17-14/h10-11H,5-9H2,1-4H3. The summed E-state index contributed by atoms with van der Waals surface area (Å²) in [6.45, 7) is 8.96. The van der Waals surface area contributed by atoms with E-state index in [9.17, 15) is 4.79 Å². The molecule has 3 fully saturated rings. The monoisotopic (exact) mass is 236 g/mol. The van der Waals surface area contributed by atoms with Crippen molar-refractivity contribution in [3.63, 3.8) is 0 Å². The van der Waals surface area contributed by atoms with Gasteiger partial charge in [-0.25, -0.2) is 0 Å². The first kappa shape index (κ1) is 11.7. The lowest BCUT2D eigenvalue weighted by Gasteiger charge is -2.57. The van der Waals surface area contributed by atoms with E-state index in [0.29, 0.717) is 23.0 Å². The van der Waals surface area contributed by atoms with Gasteiger partial charge in [-0.05, 0) is 56.8 Å². The number of rotatable bonds is 0. The molecule has 2 aliphatic heterocycles. The highest BCUT2D eigenvalue weighted by atomic mass is 16.5. The largest absolute Gasteiger partial charge is 0.361 e. The molecule has 0 aromatic rings. The molecule has 3 aliphatic rings. The summed E-state index contributed by atoms with van der Waals surface area (Å²) in [5, 5.41) is 0. The first-order chi connectivity index (χ1) is 7.77. The molecule has 2 heterocycles. The van der Waals surface area contributed by atoms with E-state index in [1.165, 1.54) is 6.42 Å². The van der Waals surface area contributed by atoms with Crippen LogP contribution in [0.5, 0.6) is 0 Å². The summed E-state index contributed by atoms with van der Waals surface area (Å²) in [6, 6.07) is 0. The highest BCUT2D eigenvalue weighted by Crippen LogP contribution is 2.62. The van der Waals surface area contributed by atoms with Crippen LogP contribution in [-0.2, 0) is 9.53 Å². The van der Waals surface area contributed by atoms with Crippen LogP contribution < -0.4 is 0 Å². The maximum Gasteiger partial charge on any atom is 0.164 e. The fourth-order valence-corrected chi connectivity index (χ4v) is 4.58. The van der Waals surface area contributed by atoms with Crippen LogP contribution in [0.4, 0.5) is 0 Å². The van der Waals surface area contributed by atoms with Crippen molar-refractivity contribution in [2.75, 3.05) is 0 Å². The highest BCUT2D eigenvalue weighted by molar-refractivity contribution is 5.88. The molecule has 0 radical (unpaired) electrons. The van der Waals surface area contributed by atoms with Crippen molar-refractivity contribution >= 4 is 5.78 Å². The van der Waals surface area contributed by atoms with E-state index in [0.717, 1.165) is 25.7 Å². The third kappa shape index (κ3) is 1.46. The molecule has 2 bridgehead atoms. The van der Waals surface area contributed by atoms with E-state index in [2.05, 4.69) is 27.7 Å². The summed E-state index contributed by atoms with van der Waals surface area (Å²) < 4.78 is 6.31. The summed E-state index contributed by atoms with van der Waals surface area (Å²) in [5.41, 5.74) is -0.120. The summed E-state index contributed by atoms with van der Waals surface area (Å²) in [4.78, 5) is 12.3. The molecule has 1 aliphatic carbocycles. The third-order valence-corrected chi connectivity index (χ3v) is 5.82. The van der Waals surface area contributed by atoms with Crippen molar-refractivity contribution in [3.8, 4) is 0 Å². The minimum Gasteiger partial charge on any atom is -0.361 e. The molecule has 2 heteroatoms. The Kier molecular flexibility index (Phi) is 2.16. The van der Waals surface area contributed by atoms with Gasteiger partial charge in [0.15, 0.2) is 5.78 Å². The van der Waals surface area contributed by atoms with E-state index >= 15 is 0 Å². The Hall–Kier alpha value is -0.370. The van der Waals surface area contributed by atoms with Gasteiger partial charge in [0, 0.05) is 6.42 Å². The molecule has 1 saturated carbocycles. The van der Waals surface area contributed by atoms with Crippen molar-refractivity contribution in [1.82, 2.24) is 0 Å². The van der Waals surface area contributed by atoms with Gasteiger partial charge in [0.2, 0.25) is 0 Å². The maximum atomic E-state index is 12.3. The third-order valence-electron chi connectivity index (χ3n) is 5.82. The Balaban J connectivity index is 1.99. The Bertz CT molecular complexity index is 373. The quantitative estimate of drug-likeness (QED) is 0.645. The van der Waals surface area contributed by atoms with Crippen LogP contribution in [0.2, 0.25) is 0 Å². The van der Waals surface area contributed by atoms with Gasteiger partial charge in [0.05, 0.1) is 5.60 Å². The van der Waals surface area contributed by atoms with Crippen LogP contribution in [0.15, 0.2) is 0 Å². The van der Waals surface area contributed by atoms with Crippen molar-refractivity contribution in [1.29, 1.82) is 0 Å². The molecule has 3 rings (SSSR count). The Morgan fingerprint density at radius 2 is 1.82 bits per heavy atom. The molecule has 4 atom stereocenters. The maximum absolute atomic E-state index is 12.3. The minimum atomic E-state index is -0.482. The number of hydrogen-bond donors (Lipinski definition) is 0. The van der Waals surface area contributed by atoms with Gasteiger partial charge in [-0.15, -0.1) is 0 Å². The number of ether oxygens (including phenoxy) is 1. The molecule has 17 heavy (non-hydrogen) atoms. The molecule has 96 valence electrons. The zero-order valence-corrected chi connectivity index (χ0v) is 11.5. The van der Waals surface area contributed by atoms with E-state index in [1.807, 2.05) is 0 Å². The number of hydrogen-bond acceptors (Lipinski definition) is 2. The SMILES string of the molecule is CC12CCC(=O)C(C)(O1)C1CC(C)(C)C1CC2. The summed E-state index contributed by atoms with van der Waals surface area (Å²) in [5.74, 6) is 1.49. The van der Waals surface area contributed by atoms with Crippen molar-refractivity contribution < 1.29 is 9.53 Å². The number of Topliss-reactive ketones (excluding diaryl/α,β-unsaturated/α-hetero) is 1. The second-order valence-corrected chi connectivity index (χ2v) is 7.53. The predicted octanol–water partition coefficient (Wildman–Crippen LogP) is 3.34. The molecular formula is C15H24O2. The van der Waals surface area contributed by atoms with Crippen LogP contribution in [0.25, 0.3) is 0 Å². The fourth-order valence-electron chi connectivity index (χ4n) is 4.58. The predicted molar refractivity (Wildman–Crippen MR) is 66.7 cm³/mol. The van der Waals surface area contributed by atoms with E-state index < -0.39 is 5.60 Å². The van der Waals surface area contributed by atoms with E-state index in [-0.39, 0.29) is 5.60 Å². The van der Waals surface area contributed by atoms with Crippen LogP contribution in [0.3, 0.4) is 0 Å². The molecule has 0 aromatic heterocycles. The van der Waals surface area contributed by atoms with Gasteiger partial charge in [-0.3, -0.25) is 4.79 Å². The lowest BCUT2D eigenvalue weighted by molar-refractivity contribution is -0.214. The number of fused-ring (bicyclic) bond motifs is 4. The van der Waals surface area contributed by atoms with Crippen LogP contribution >= 0.6 is 0 Å². The van der Waals surface area contributed by atoms with Crippen LogP contribution in [-0.4, -0.2) is 17.0 Å². The number of carbonyl (C=O) groups is 1. The zero-order valence-electron chi connectivity index (χ0n) is 11.5. The lowest BCUT2D eigenvalue weighted by Crippen LogP contribution is -2.60. The van der Waals surface area contributed by atoms with Gasteiger partial charge in [-0.2, -0.15) is 0 Å². The summed E-state index contributed by atoms with van der Waals surface area (Å²) in [6.07, 6.45) is 5.14. The molecule has 0 aromatic carbocycles. The molecule has 2 nitrogen and oxygen atoms in total. The molecule has 4 unspecified atom stereocenters. The minimum absolute atomic E-state index is 0.0456. The molecular weight excluding hydrogens is 212 g/mol. The Morgan fingerprint density at radius 1 is 1.12 bits per heavy atom. The fraction of sp³-hybridized carbons (Fsp3) is 0.933. The average molecular weight is 236 g/mol. The number of ketones is 1. The van der Waals surface area contributed by atoms with Gasteiger partial charge < -0.3 is 4.74 Å². The molecule has 0 spiro atoms. The first-order valence-corrected chi connectivity index (χ1v) is 7.00. The van der Waals surface area contributed by atoms with Crippen LogP contribution in [0.1, 0.15) is 59.8 Å². The smallest absolute Gasteiger partial charge is 0.164 e. The van der Waals surface area contributed by atoms with Gasteiger partial charge >= 0.3 is 0 Å². The Labute approximate surface area is 104 Å². The Morgan fingerprint density at radius 3 is 2.47 bits per heavy atom. The average Bonchev–Trinajstić information content (AvgIpc) is 2.28. The summed E-state index contributed by atoms with van der Waals surface area (Å²) in [7, 11) is 0.